The molecule has 1 aromatic heterocycles. The molecule has 3 heterocycles. The largest absolute Gasteiger partial charge is 0.346 e. The SMILES string of the molecule is Cc1nn(C)c(C)c1S(=O)(=O)N1CCOC2(C1)CN(S(=O)(=O)C1CCCCC1)CCO2. The van der Waals surface area contributed by atoms with Crippen LogP contribution in [-0.4, -0.2) is 85.7 Å². The molecule has 3 fully saturated rings. The van der Waals surface area contributed by atoms with Gasteiger partial charge in [0.25, 0.3) is 0 Å². The second kappa shape index (κ2) is 8.38. The lowest BCUT2D eigenvalue weighted by Crippen LogP contribution is -2.64. The molecule has 3 aliphatic rings. The van der Waals surface area contributed by atoms with E-state index in [2.05, 4.69) is 5.10 Å². The molecule has 1 unspecified atom stereocenters. The Bertz CT molecular complexity index is 1030. The van der Waals surface area contributed by atoms with Gasteiger partial charge in [-0.15, -0.1) is 0 Å². The zero-order valence-corrected chi connectivity index (χ0v) is 20.0. The molecule has 2 saturated heterocycles. The highest BCUT2D eigenvalue weighted by Crippen LogP contribution is 2.33. The second-order valence-corrected chi connectivity index (χ2v) is 12.8. The van der Waals surface area contributed by atoms with Crippen molar-refractivity contribution in [2.24, 2.45) is 7.05 Å². The van der Waals surface area contributed by atoms with Gasteiger partial charge >= 0.3 is 0 Å². The summed E-state index contributed by atoms with van der Waals surface area (Å²) in [6, 6.07) is 0. The zero-order chi connectivity index (χ0) is 22.4. The van der Waals surface area contributed by atoms with Crippen LogP contribution in [0, 0.1) is 13.8 Å². The fourth-order valence-electron chi connectivity index (χ4n) is 4.89. The highest BCUT2D eigenvalue weighted by molar-refractivity contribution is 7.89. The molecule has 1 spiro atoms. The summed E-state index contributed by atoms with van der Waals surface area (Å²) in [5, 5.41) is 3.86. The predicted octanol–water partition coefficient (Wildman–Crippen LogP) is 0.749. The molecule has 31 heavy (non-hydrogen) atoms. The highest BCUT2D eigenvalue weighted by Gasteiger charge is 2.49. The summed E-state index contributed by atoms with van der Waals surface area (Å²) in [5.74, 6) is -1.30. The third kappa shape index (κ3) is 4.18. The standard InChI is InChI=1S/C19H32N4O6S2/c1-15-18(16(2)21(3)20-15)31(26,27)23-10-12-29-19(14-23)13-22(9-11-28-19)30(24,25)17-7-5-4-6-8-17/h17H,4-14H2,1-3H3. The first-order chi connectivity index (χ1) is 14.6. The van der Waals surface area contributed by atoms with E-state index in [1.165, 1.54) is 8.61 Å². The van der Waals surface area contributed by atoms with Gasteiger partial charge in [-0.25, -0.2) is 16.8 Å². The van der Waals surface area contributed by atoms with Crippen LogP contribution in [-0.2, 0) is 36.6 Å². The van der Waals surface area contributed by atoms with Gasteiger partial charge in [-0.3, -0.25) is 4.68 Å². The minimum atomic E-state index is -3.83. The first kappa shape index (κ1) is 23.1. The molecule has 2 aliphatic heterocycles. The van der Waals surface area contributed by atoms with Crippen molar-refractivity contribution in [3.8, 4) is 0 Å². The molecule has 1 aliphatic carbocycles. The average Bonchev–Trinajstić information content (AvgIpc) is 3.00. The zero-order valence-electron chi connectivity index (χ0n) is 18.4. The maximum atomic E-state index is 13.4. The second-order valence-electron chi connectivity index (χ2n) is 8.71. The molecule has 0 bridgehead atoms. The number of aryl methyl sites for hydroxylation is 2. The van der Waals surface area contributed by atoms with Crippen molar-refractivity contribution in [3.63, 3.8) is 0 Å². The van der Waals surface area contributed by atoms with Gasteiger partial charge in [-0.05, 0) is 26.7 Å². The fraction of sp³-hybridized carbons (Fsp3) is 0.842. The molecular formula is C19H32N4O6S2. The van der Waals surface area contributed by atoms with E-state index in [9.17, 15) is 16.8 Å². The van der Waals surface area contributed by atoms with Crippen LogP contribution in [0.4, 0.5) is 0 Å². The van der Waals surface area contributed by atoms with Gasteiger partial charge in [0.15, 0.2) is 5.79 Å². The minimum absolute atomic E-state index is 0.00283. The number of rotatable bonds is 4. The van der Waals surface area contributed by atoms with Crippen LogP contribution < -0.4 is 0 Å². The number of nitrogens with zero attached hydrogens (tertiary/aromatic N) is 4. The molecule has 0 aromatic carbocycles. The van der Waals surface area contributed by atoms with Gasteiger partial charge in [0.2, 0.25) is 20.0 Å². The first-order valence-electron chi connectivity index (χ1n) is 10.8. The normalized spacial score (nSPS) is 27.7. The number of morpholine rings is 2. The van der Waals surface area contributed by atoms with E-state index >= 15 is 0 Å². The number of ether oxygens (including phenoxy) is 2. The first-order valence-corrected chi connectivity index (χ1v) is 13.8. The molecule has 176 valence electrons. The van der Waals surface area contributed by atoms with E-state index in [0.717, 1.165) is 19.3 Å². The van der Waals surface area contributed by atoms with Crippen molar-refractivity contribution < 1.29 is 26.3 Å². The van der Waals surface area contributed by atoms with Crippen LogP contribution in [0.3, 0.4) is 0 Å². The molecule has 0 amide bonds. The van der Waals surface area contributed by atoms with Gasteiger partial charge in [-0.2, -0.15) is 13.7 Å². The summed E-state index contributed by atoms with van der Waals surface area (Å²) in [4.78, 5) is 0.189. The maximum Gasteiger partial charge on any atom is 0.247 e. The lowest BCUT2D eigenvalue weighted by atomic mass is 10.0. The molecule has 1 atom stereocenters. The maximum absolute atomic E-state index is 13.4. The Morgan fingerprint density at radius 1 is 0.935 bits per heavy atom. The van der Waals surface area contributed by atoms with Gasteiger partial charge in [0, 0.05) is 20.1 Å². The van der Waals surface area contributed by atoms with Crippen molar-refractivity contribution in [1.29, 1.82) is 0 Å². The number of aromatic nitrogens is 2. The van der Waals surface area contributed by atoms with Gasteiger partial charge < -0.3 is 9.47 Å². The van der Waals surface area contributed by atoms with Crippen LogP contribution in [0.25, 0.3) is 0 Å². The summed E-state index contributed by atoms with van der Waals surface area (Å²) in [6.07, 6.45) is 4.26. The van der Waals surface area contributed by atoms with E-state index in [0.29, 0.717) is 24.2 Å². The van der Waals surface area contributed by atoms with E-state index in [1.54, 1.807) is 25.6 Å². The topological polar surface area (TPSA) is 111 Å². The van der Waals surface area contributed by atoms with Crippen molar-refractivity contribution in [1.82, 2.24) is 18.4 Å². The Balaban J connectivity index is 1.57. The van der Waals surface area contributed by atoms with Gasteiger partial charge in [-0.1, -0.05) is 19.3 Å². The molecule has 0 radical (unpaired) electrons. The molecular weight excluding hydrogens is 444 g/mol. The Kier molecular flexibility index (Phi) is 6.25. The van der Waals surface area contributed by atoms with Crippen LogP contribution in [0.15, 0.2) is 4.90 Å². The number of hydrogen-bond acceptors (Lipinski definition) is 7. The van der Waals surface area contributed by atoms with E-state index in [1.807, 2.05) is 0 Å². The number of sulfonamides is 2. The third-order valence-electron chi connectivity index (χ3n) is 6.62. The summed E-state index contributed by atoms with van der Waals surface area (Å²) >= 11 is 0. The third-order valence-corrected chi connectivity index (χ3v) is 11.1. The Labute approximate surface area is 184 Å². The predicted molar refractivity (Wildman–Crippen MR) is 113 cm³/mol. The van der Waals surface area contributed by atoms with Crippen LogP contribution in [0.1, 0.15) is 43.5 Å². The Hall–Kier alpha value is -1.05. The Morgan fingerprint density at radius 2 is 1.52 bits per heavy atom. The van der Waals surface area contributed by atoms with E-state index in [-0.39, 0.29) is 49.5 Å². The number of hydrogen-bond donors (Lipinski definition) is 0. The molecule has 1 saturated carbocycles. The average molecular weight is 477 g/mol. The smallest absolute Gasteiger partial charge is 0.247 e. The van der Waals surface area contributed by atoms with Crippen LogP contribution in [0.5, 0.6) is 0 Å². The molecule has 10 nitrogen and oxygen atoms in total. The van der Waals surface area contributed by atoms with Crippen molar-refractivity contribution in [2.75, 3.05) is 39.4 Å². The summed E-state index contributed by atoms with van der Waals surface area (Å²) < 4.78 is 69.4. The Morgan fingerprint density at radius 3 is 2.10 bits per heavy atom. The van der Waals surface area contributed by atoms with E-state index < -0.39 is 25.8 Å². The van der Waals surface area contributed by atoms with Gasteiger partial charge in [0.1, 0.15) is 4.90 Å². The monoisotopic (exact) mass is 476 g/mol. The summed E-state index contributed by atoms with van der Waals surface area (Å²) in [5.41, 5.74) is 0.996. The van der Waals surface area contributed by atoms with Crippen molar-refractivity contribution >= 4 is 20.0 Å². The highest BCUT2D eigenvalue weighted by atomic mass is 32.2. The lowest BCUT2D eigenvalue weighted by molar-refractivity contribution is -0.276. The van der Waals surface area contributed by atoms with Crippen molar-refractivity contribution in [3.05, 3.63) is 11.4 Å². The van der Waals surface area contributed by atoms with Crippen LogP contribution in [0.2, 0.25) is 0 Å². The van der Waals surface area contributed by atoms with Gasteiger partial charge in [0.05, 0.1) is 42.9 Å². The minimum Gasteiger partial charge on any atom is -0.346 e. The molecule has 1 aromatic rings. The summed E-state index contributed by atoms with van der Waals surface area (Å²) in [6.45, 7) is 4.08. The molecule has 4 rings (SSSR count). The van der Waals surface area contributed by atoms with Crippen molar-refractivity contribution in [2.45, 2.75) is 61.9 Å². The molecule has 12 heteroatoms. The molecule has 0 N–H and O–H groups in total. The quantitative estimate of drug-likeness (QED) is 0.630. The lowest BCUT2D eigenvalue weighted by Gasteiger charge is -2.47. The fourth-order valence-corrected chi connectivity index (χ4v) is 8.81. The van der Waals surface area contributed by atoms with Crippen LogP contribution >= 0.6 is 0 Å². The van der Waals surface area contributed by atoms with E-state index in [4.69, 9.17) is 9.47 Å². The summed E-state index contributed by atoms with van der Waals surface area (Å²) in [7, 11) is -5.60.